The molecule has 0 saturated carbocycles. The van der Waals surface area contributed by atoms with Crippen LogP contribution in [-0.2, 0) is 24.1 Å². The summed E-state index contributed by atoms with van der Waals surface area (Å²) < 4.78 is 2.07. The number of fused-ring (bicyclic) bond motifs is 1. The number of carboxylic acids is 1. The van der Waals surface area contributed by atoms with E-state index in [1.165, 1.54) is 5.56 Å². The van der Waals surface area contributed by atoms with E-state index in [0.717, 1.165) is 40.7 Å². The van der Waals surface area contributed by atoms with E-state index in [1.54, 1.807) is 18.3 Å². The van der Waals surface area contributed by atoms with E-state index in [0.29, 0.717) is 6.42 Å². The van der Waals surface area contributed by atoms with E-state index >= 15 is 0 Å². The number of hydrogen-bond donors (Lipinski definition) is 2. The van der Waals surface area contributed by atoms with Gasteiger partial charge in [0.05, 0.1) is 5.52 Å². The molecule has 0 unspecified atom stereocenters. The number of phenols is 1. The molecule has 0 bridgehead atoms. The fraction of sp³-hybridized carbons (Fsp3) is 0.167. The molecule has 2 N–H and O–H groups in total. The molecular weight excluding hydrogens is 400 g/mol. The molecule has 0 spiro atoms. The molecule has 0 radical (unpaired) electrons. The summed E-state index contributed by atoms with van der Waals surface area (Å²) in [6.45, 7) is 0. The second kappa shape index (κ2) is 9.46. The highest BCUT2D eigenvalue weighted by Gasteiger charge is 2.12. The van der Waals surface area contributed by atoms with Gasteiger partial charge in [0.15, 0.2) is 0 Å². The lowest BCUT2D eigenvalue weighted by atomic mass is 10.0. The average Bonchev–Trinajstić information content (AvgIpc) is 3.09. The summed E-state index contributed by atoms with van der Waals surface area (Å²) in [6, 6.07) is 19.2. The van der Waals surface area contributed by atoms with Crippen molar-refractivity contribution in [2.45, 2.75) is 25.7 Å². The monoisotopic (exact) mass is 422 g/mol. The molecular formula is C24H23ClN2O3. The van der Waals surface area contributed by atoms with E-state index in [4.69, 9.17) is 5.11 Å². The van der Waals surface area contributed by atoms with Gasteiger partial charge in [-0.25, -0.2) is 0 Å². The molecule has 5 nitrogen and oxygen atoms in total. The Balaban J connectivity index is 0.00000256. The summed E-state index contributed by atoms with van der Waals surface area (Å²) in [4.78, 5) is 15.4. The largest absolute Gasteiger partial charge is 0.508 e. The molecule has 0 fully saturated rings. The van der Waals surface area contributed by atoms with Crippen LogP contribution in [0.4, 0.5) is 0 Å². The van der Waals surface area contributed by atoms with Gasteiger partial charge in [0.25, 0.3) is 0 Å². The van der Waals surface area contributed by atoms with Gasteiger partial charge in [-0.15, -0.1) is 12.4 Å². The van der Waals surface area contributed by atoms with Crippen molar-refractivity contribution in [3.63, 3.8) is 0 Å². The molecule has 4 aromatic rings. The molecule has 0 aliphatic heterocycles. The summed E-state index contributed by atoms with van der Waals surface area (Å²) in [5.41, 5.74) is 5.13. The Hall–Kier alpha value is -3.31. The van der Waals surface area contributed by atoms with E-state index in [2.05, 4.69) is 21.8 Å². The molecule has 0 saturated heterocycles. The number of pyridine rings is 1. The summed E-state index contributed by atoms with van der Waals surface area (Å²) >= 11 is 0. The molecule has 2 heterocycles. The Morgan fingerprint density at radius 3 is 2.57 bits per heavy atom. The molecule has 4 rings (SSSR count). The lowest BCUT2D eigenvalue weighted by Crippen LogP contribution is -1.97. The van der Waals surface area contributed by atoms with Crippen LogP contribution in [0.2, 0.25) is 0 Å². The first-order chi connectivity index (χ1) is 14.1. The highest BCUT2D eigenvalue weighted by atomic mass is 35.5. The van der Waals surface area contributed by atoms with Crippen LogP contribution in [0, 0.1) is 0 Å². The van der Waals surface area contributed by atoms with Gasteiger partial charge >= 0.3 is 5.97 Å². The number of nitrogens with zero attached hydrogens (tertiary/aromatic N) is 2. The number of aromatic nitrogens is 2. The Morgan fingerprint density at radius 2 is 1.83 bits per heavy atom. The molecule has 0 aliphatic rings. The van der Waals surface area contributed by atoms with Gasteiger partial charge in [0, 0.05) is 41.6 Å². The van der Waals surface area contributed by atoms with Crippen molar-refractivity contribution in [2.75, 3.05) is 0 Å². The van der Waals surface area contributed by atoms with Gasteiger partial charge in [-0.3, -0.25) is 9.78 Å². The van der Waals surface area contributed by atoms with Gasteiger partial charge in [0.2, 0.25) is 0 Å². The number of carboxylic acid groups (broad SMARTS) is 1. The third-order valence-corrected chi connectivity index (χ3v) is 5.06. The first-order valence-electron chi connectivity index (χ1n) is 9.64. The highest BCUT2D eigenvalue weighted by molar-refractivity contribution is 5.86. The molecule has 6 heteroatoms. The third-order valence-electron chi connectivity index (χ3n) is 5.06. The van der Waals surface area contributed by atoms with E-state index in [9.17, 15) is 9.90 Å². The van der Waals surface area contributed by atoms with Crippen LogP contribution in [0.3, 0.4) is 0 Å². The number of aryl methyl sites for hydroxylation is 3. The number of halogens is 1. The zero-order valence-electron chi connectivity index (χ0n) is 16.4. The predicted octanol–water partition coefficient (Wildman–Crippen LogP) is 4.96. The van der Waals surface area contributed by atoms with Crippen molar-refractivity contribution in [1.82, 2.24) is 9.55 Å². The van der Waals surface area contributed by atoms with Crippen molar-refractivity contribution in [2.24, 2.45) is 0 Å². The number of rotatable bonds is 7. The highest BCUT2D eigenvalue weighted by Crippen LogP contribution is 2.28. The minimum atomic E-state index is -0.794. The first kappa shape index (κ1) is 21.4. The van der Waals surface area contributed by atoms with Crippen molar-refractivity contribution >= 4 is 29.3 Å². The predicted molar refractivity (Wildman–Crippen MR) is 120 cm³/mol. The van der Waals surface area contributed by atoms with Crippen LogP contribution in [0.25, 0.3) is 16.6 Å². The van der Waals surface area contributed by atoms with Crippen LogP contribution in [0.15, 0.2) is 73.1 Å². The quantitative estimate of drug-likeness (QED) is 0.441. The van der Waals surface area contributed by atoms with E-state index < -0.39 is 5.97 Å². The number of carbonyl (C=O) groups is 1. The number of aromatic hydroxyl groups is 1. The van der Waals surface area contributed by atoms with Gasteiger partial charge < -0.3 is 14.8 Å². The van der Waals surface area contributed by atoms with Crippen molar-refractivity contribution in [3.8, 4) is 11.4 Å². The van der Waals surface area contributed by atoms with Crippen LogP contribution in [0.5, 0.6) is 5.75 Å². The summed E-state index contributed by atoms with van der Waals surface area (Å²) in [5, 5.41) is 20.0. The van der Waals surface area contributed by atoms with Gasteiger partial charge in [-0.1, -0.05) is 18.2 Å². The normalized spacial score (nSPS) is 10.7. The maximum Gasteiger partial charge on any atom is 0.303 e. The Bertz CT molecular complexity index is 1160. The number of aliphatic carboxylic acids is 1. The lowest BCUT2D eigenvalue weighted by molar-refractivity contribution is -0.136. The fourth-order valence-corrected chi connectivity index (χ4v) is 3.62. The number of phenolic OH excluding ortho intramolecular Hbond substituents is 1. The maximum absolute atomic E-state index is 10.9. The number of hydrogen-bond acceptors (Lipinski definition) is 3. The molecule has 0 aliphatic carbocycles. The van der Waals surface area contributed by atoms with Crippen molar-refractivity contribution in [1.29, 1.82) is 0 Å². The molecule has 0 atom stereocenters. The molecule has 30 heavy (non-hydrogen) atoms. The summed E-state index contributed by atoms with van der Waals surface area (Å²) in [7, 11) is 0. The second-order valence-electron chi connectivity index (χ2n) is 7.11. The van der Waals surface area contributed by atoms with Crippen LogP contribution in [-0.4, -0.2) is 25.7 Å². The molecule has 2 aromatic heterocycles. The molecule has 2 aromatic carbocycles. The topological polar surface area (TPSA) is 75.3 Å². The average molecular weight is 423 g/mol. The Labute approximate surface area is 181 Å². The van der Waals surface area contributed by atoms with Gasteiger partial charge in [-0.05, 0) is 66.8 Å². The Kier molecular flexibility index (Phi) is 6.75. The van der Waals surface area contributed by atoms with Gasteiger partial charge in [-0.2, -0.15) is 0 Å². The van der Waals surface area contributed by atoms with E-state index in [-0.39, 0.29) is 24.6 Å². The lowest BCUT2D eigenvalue weighted by Gasteiger charge is -2.06. The zero-order valence-corrected chi connectivity index (χ0v) is 17.2. The van der Waals surface area contributed by atoms with Crippen LogP contribution < -0.4 is 0 Å². The fourth-order valence-electron chi connectivity index (χ4n) is 3.62. The SMILES string of the molecule is Cl.O=C(O)CCc1ccc2c(c1)c(CCc1ccccn1)cn2-c1cccc(O)c1. The standard InChI is InChI=1S/C24H22N2O3.ClH/c27-21-6-3-5-20(15-21)26-16-18(9-10-19-4-1-2-13-25-19)22-14-17(7-11-23(22)26)8-12-24(28)29;/h1-7,11,13-16,27H,8-10,12H2,(H,28,29);1H. The number of benzene rings is 2. The summed E-state index contributed by atoms with van der Waals surface area (Å²) in [5.74, 6) is -0.574. The van der Waals surface area contributed by atoms with Crippen molar-refractivity contribution in [3.05, 3.63) is 89.9 Å². The third kappa shape index (κ3) is 4.81. The zero-order chi connectivity index (χ0) is 20.2. The summed E-state index contributed by atoms with van der Waals surface area (Å²) in [6.07, 6.45) is 6.16. The minimum absolute atomic E-state index is 0. The second-order valence-corrected chi connectivity index (χ2v) is 7.11. The van der Waals surface area contributed by atoms with E-state index in [1.807, 2.05) is 42.5 Å². The minimum Gasteiger partial charge on any atom is -0.508 e. The molecule has 154 valence electrons. The maximum atomic E-state index is 10.9. The van der Waals surface area contributed by atoms with Crippen LogP contribution in [0.1, 0.15) is 23.2 Å². The van der Waals surface area contributed by atoms with Crippen LogP contribution >= 0.6 is 12.4 Å². The van der Waals surface area contributed by atoms with Crippen molar-refractivity contribution < 1.29 is 15.0 Å². The first-order valence-corrected chi connectivity index (χ1v) is 9.64. The van der Waals surface area contributed by atoms with Gasteiger partial charge in [0.1, 0.15) is 5.75 Å². The molecule has 0 amide bonds. The smallest absolute Gasteiger partial charge is 0.303 e. The Morgan fingerprint density at radius 1 is 0.967 bits per heavy atom.